The highest BCUT2D eigenvalue weighted by Crippen LogP contribution is 2.32. The number of amides is 2. The molecule has 0 atom stereocenters. The molecule has 1 aromatic carbocycles. The highest BCUT2D eigenvalue weighted by Gasteiger charge is 2.34. The van der Waals surface area contributed by atoms with Crippen molar-refractivity contribution in [2.75, 3.05) is 32.8 Å². The maximum absolute atomic E-state index is 12.6. The van der Waals surface area contributed by atoms with Crippen LogP contribution in [0.5, 0.6) is 0 Å². The maximum atomic E-state index is 12.6. The van der Waals surface area contributed by atoms with E-state index in [1.807, 2.05) is 18.2 Å². The van der Waals surface area contributed by atoms with E-state index in [-0.39, 0.29) is 18.4 Å². The highest BCUT2D eigenvalue weighted by atomic mass is 32.2. The smallest absolute Gasteiger partial charge is 0.266 e. The van der Waals surface area contributed by atoms with Crippen LogP contribution in [-0.2, 0) is 20.7 Å². The zero-order chi connectivity index (χ0) is 17.8. The summed E-state index contributed by atoms with van der Waals surface area (Å²) in [7, 11) is 0. The number of thiocarbonyl (C=S) groups is 1. The Hall–Kier alpha value is -1.70. The van der Waals surface area contributed by atoms with Crippen molar-refractivity contribution >= 4 is 46.2 Å². The third kappa shape index (κ3) is 4.29. The Bertz CT molecular complexity index is 710. The van der Waals surface area contributed by atoms with Crippen molar-refractivity contribution in [1.82, 2.24) is 9.80 Å². The quantitative estimate of drug-likeness (QED) is 0.596. The van der Waals surface area contributed by atoms with E-state index in [0.717, 1.165) is 12.0 Å². The van der Waals surface area contributed by atoms with Gasteiger partial charge in [-0.2, -0.15) is 0 Å². The van der Waals surface area contributed by atoms with Gasteiger partial charge in [-0.1, -0.05) is 55.2 Å². The summed E-state index contributed by atoms with van der Waals surface area (Å²) >= 11 is 6.55. The zero-order valence-electron chi connectivity index (χ0n) is 14.1. The van der Waals surface area contributed by atoms with Gasteiger partial charge in [-0.3, -0.25) is 14.5 Å². The topological polar surface area (TPSA) is 49.9 Å². The molecule has 0 spiro atoms. The molecular formula is C18H20N2O3S2. The normalized spacial score (nSPS) is 19.8. The summed E-state index contributed by atoms with van der Waals surface area (Å²) in [6.45, 7) is 4.30. The van der Waals surface area contributed by atoms with Gasteiger partial charge in [0, 0.05) is 13.1 Å². The van der Waals surface area contributed by atoms with Crippen LogP contribution in [-0.4, -0.2) is 58.8 Å². The second-order valence-electron chi connectivity index (χ2n) is 5.86. The largest absolute Gasteiger partial charge is 0.378 e. The molecular weight excluding hydrogens is 356 g/mol. The van der Waals surface area contributed by atoms with Gasteiger partial charge in [0.05, 0.1) is 18.1 Å². The third-order valence-electron chi connectivity index (χ3n) is 4.22. The average Bonchev–Trinajstić information content (AvgIpc) is 2.90. The molecule has 1 aromatic rings. The van der Waals surface area contributed by atoms with Crippen LogP contribution in [0.25, 0.3) is 6.08 Å². The number of benzene rings is 1. The van der Waals surface area contributed by atoms with Crippen molar-refractivity contribution in [3.8, 4) is 0 Å². The number of hydrogen-bond donors (Lipinski definition) is 0. The predicted molar refractivity (Wildman–Crippen MR) is 103 cm³/mol. The minimum absolute atomic E-state index is 0.00320. The number of hydrogen-bond acceptors (Lipinski definition) is 5. The van der Waals surface area contributed by atoms with Crippen molar-refractivity contribution in [2.24, 2.45) is 0 Å². The van der Waals surface area contributed by atoms with Gasteiger partial charge < -0.3 is 9.64 Å². The van der Waals surface area contributed by atoms with E-state index < -0.39 is 0 Å². The molecule has 0 saturated carbocycles. The van der Waals surface area contributed by atoms with E-state index in [2.05, 4.69) is 19.1 Å². The number of morpholine rings is 1. The molecule has 2 saturated heterocycles. The van der Waals surface area contributed by atoms with Crippen LogP contribution < -0.4 is 0 Å². The minimum atomic E-state index is -0.198. The number of rotatable bonds is 4. The lowest BCUT2D eigenvalue weighted by Crippen LogP contribution is -2.46. The molecule has 2 aliphatic rings. The summed E-state index contributed by atoms with van der Waals surface area (Å²) in [6.07, 6.45) is 2.81. The Kier molecular flexibility index (Phi) is 5.88. The second kappa shape index (κ2) is 8.12. The molecule has 25 heavy (non-hydrogen) atoms. The monoisotopic (exact) mass is 376 g/mol. The summed E-state index contributed by atoms with van der Waals surface area (Å²) in [5.74, 6) is -0.288. The molecule has 3 rings (SSSR count). The maximum Gasteiger partial charge on any atom is 0.266 e. The van der Waals surface area contributed by atoms with E-state index in [9.17, 15) is 9.59 Å². The standard InChI is InChI=1S/C18H20N2O3S2/c1-2-13-3-5-14(6-4-13)11-15-17(22)20(18(24)25-15)12-16(21)19-7-9-23-10-8-19/h3-6,11H,2,7-10,12H2,1H3. The number of thioether (sulfide) groups is 1. The van der Waals surface area contributed by atoms with Crippen molar-refractivity contribution in [1.29, 1.82) is 0 Å². The fourth-order valence-corrected chi connectivity index (χ4v) is 3.94. The Morgan fingerprint density at radius 2 is 1.96 bits per heavy atom. The van der Waals surface area contributed by atoms with Crippen LogP contribution in [0, 0.1) is 0 Å². The molecule has 0 unspecified atom stereocenters. The number of carbonyl (C=O) groups excluding carboxylic acids is 2. The lowest BCUT2D eigenvalue weighted by Gasteiger charge is -2.28. The molecule has 0 radical (unpaired) electrons. The van der Waals surface area contributed by atoms with Crippen LogP contribution in [0.1, 0.15) is 18.1 Å². The molecule has 0 N–H and O–H groups in total. The van der Waals surface area contributed by atoms with Crippen LogP contribution in [0.4, 0.5) is 0 Å². The van der Waals surface area contributed by atoms with Crippen molar-refractivity contribution < 1.29 is 14.3 Å². The summed E-state index contributed by atoms with van der Waals surface area (Å²) in [5.41, 5.74) is 2.21. The summed E-state index contributed by atoms with van der Waals surface area (Å²) < 4.78 is 5.68. The van der Waals surface area contributed by atoms with E-state index in [1.54, 1.807) is 4.90 Å². The molecule has 2 heterocycles. The summed E-state index contributed by atoms with van der Waals surface area (Å²) in [5, 5.41) is 0. The Labute approximate surface area is 157 Å². The highest BCUT2D eigenvalue weighted by molar-refractivity contribution is 8.26. The lowest BCUT2D eigenvalue weighted by molar-refractivity contribution is -0.138. The van der Waals surface area contributed by atoms with Crippen molar-refractivity contribution in [3.63, 3.8) is 0 Å². The second-order valence-corrected chi connectivity index (χ2v) is 7.53. The number of ether oxygens (including phenoxy) is 1. The van der Waals surface area contributed by atoms with Gasteiger partial charge in [0.1, 0.15) is 10.9 Å². The minimum Gasteiger partial charge on any atom is -0.378 e. The van der Waals surface area contributed by atoms with E-state index in [0.29, 0.717) is 35.5 Å². The molecule has 0 bridgehead atoms. The van der Waals surface area contributed by atoms with Gasteiger partial charge in [-0.25, -0.2) is 0 Å². The fraction of sp³-hybridized carbons (Fsp3) is 0.389. The fourth-order valence-electron chi connectivity index (χ4n) is 2.69. The lowest BCUT2D eigenvalue weighted by atomic mass is 10.1. The van der Waals surface area contributed by atoms with E-state index in [1.165, 1.54) is 22.2 Å². The Morgan fingerprint density at radius 3 is 2.60 bits per heavy atom. The predicted octanol–water partition coefficient (Wildman–Crippen LogP) is 2.31. The first-order valence-corrected chi connectivity index (χ1v) is 9.51. The number of carbonyl (C=O) groups is 2. The van der Waals surface area contributed by atoms with Gasteiger partial charge in [0.2, 0.25) is 5.91 Å². The average molecular weight is 377 g/mol. The van der Waals surface area contributed by atoms with Crippen LogP contribution >= 0.6 is 24.0 Å². The van der Waals surface area contributed by atoms with E-state index in [4.69, 9.17) is 17.0 Å². The first-order valence-electron chi connectivity index (χ1n) is 8.28. The van der Waals surface area contributed by atoms with E-state index >= 15 is 0 Å². The molecule has 2 fully saturated rings. The van der Waals surface area contributed by atoms with Crippen LogP contribution in [0.3, 0.4) is 0 Å². The zero-order valence-corrected chi connectivity index (χ0v) is 15.7. The van der Waals surface area contributed by atoms with Gasteiger partial charge >= 0.3 is 0 Å². The Balaban J connectivity index is 1.68. The molecule has 5 nitrogen and oxygen atoms in total. The van der Waals surface area contributed by atoms with Crippen molar-refractivity contribution in [2.45, 2.75) is 13.3 Å². The molecule has 0 aliphatic carbocycles. The number of nitrogens with zero attached hydrogens (tertiary/aromatic N) is 2. The SMILES string of the molecule is CCc1ccc(C=C2SC(=S)N(CC(=O)N3CCOCC3)C2=O)cc1. The summed E-state index contributed by atoms with van der Waals surface area (Å²) in [4.78, 5) is 28.7. The summed E-state index contributed by atoms with van der Waals surface area (Å²) in [6, 6.07) is 8.08. The first-order chi connectivity index (χ1) is 12.1. The third-order valence-corrected chi connectivity index (χ3v) is 5.59. The molecule has 7 heteroatoms. The molecule has 132 valence electrons. The van der Waals surface area contributed by atoms with Gasteiger partial charge in [0.25, 0.3) is 5.91 Å². The van der Waals surface area contributed by atoms with Crippen LogP contribution in [0.15, 0.2) is 29.2 Å². The van der Waals surface area contributed by atoms with Gasteiger partial charge in [-0.15, -0.1) is 0 Å². The Morgan fingerprint density at radius 1 is 1.28 bits per heavy atom. The molecule has 0 aromatic heterocycles. The number of aryl methyl sites for hydroxylation is 1. The van der Waals surface area contributed by atoms with Gasteiger partial charge in [0.15, 0.2) is 0 Å². The molecule has 2 aliphatic heterocycles. The van der Waals surface area contributed by atoms with Gasteiger partial charge in [-0.05, 0) is 23.6 Å². The molecule has 2 amide bonds. The van der Waals surface area contributed by atoms with Crippen molar-refractivity contribution in [3.05, 3.63) is 40.3 Å². The van der Waals surface area contributed by atoms with Crippen LogP contribution in [0.2, 0.25) is 0 Å². The first kappa shape index (κ1) is 18.1.